The molecule has 3 atom stereocenters. The van der Waals surface area contributed by atoms with E-state index in [1.54, 1.807) is 6.92 Å². The molecule has 3 N–H and O–H groups in total. The topological polar surface area (TPSA) is 87.3 Å². The van der Waals surface area contributed by atoms with E-state index in [4.69, 9.17) is 0 Å². The summed E-state index contributed by atoms with van der Waals surface area (Å²) in [5, 5.41) is 7.76. The summed E-state index contributed by atoms with van der Waals surface area (Å²) in [7, 11) is 0. The van der Waals surface area contributed by atoms with Gasteiger partial charge in [-0.05, 0) is 44.0 Å². The number of halogens is 2. The number of nitrogens with one attached hydrogen (secondary N) is 3. The third-order valence-corrected chi connectivity index (χ3v) is 4.50. The highest BCUT2D eigenvalue weighted by atomic mass is 19.1. The summed E-state index contributed by atoms with van der Waals surface area (Å²) in [5.74, 6) is -3.39. The maximum absolute atomic E-state index is 13.2. The van der Waals surface area contributed by atoms with Crippen molar-refractivity contribution in [2.24, 2.45) is 0 Å². The molecule has 0 saturated heterocycles. The lowest BCUT2D eigenvalue weighted by Crippen LogP contribution is -2.51. The van der Waals surface area contributed by atoms with E-state index in [-0.39, 0.29) is 18.0 Å². The molecule has 6 nitrogen and oxygen atoms in total. The molecule has 0 saturated carbocycles. The lowest BCUT2D eigenvalue weighted by Gasteiger charge is -2.20. The average Bonchev–Trinajstić information content (AvgIpc) is 2.67. The van der Waals surface area contributed by atoms with Crippen LogP contribution in [0.2, 0.25) is 0 Å². The fraction of sp³-hybridized carbons (Fsp3) is 0.318. The van der Waals surface area contributed by atoms with E-state index in [1.165, 1.54) is 6.92 Å². The second-order valence-corrected chi connectivity index (χ2v) is 7.12. The Hall–Kier alpha value is -3.13. The molecule has 0 aliphatic carbocycles. The van der Waals surface area contributed by atoms with Crippen molar-refractivity contribution in [1.82, 2.24) is 16.0 Å². The van der Waals surface area contributed by atoms with E-state index in [9.17, 15) is 23.2 Å². The van der Waals surface area contributed by atoms with Crippen LogP contribution in [-0.2, 0) is 20.8 Å². The van der Waals surface area contributed by atoms with Crippen LogP contribution in [0.25, 0.3) is 0 Å². The molecular weight excluding hydrogens is 392 g/mol. The summed E-state index contributed by atoms with van der Waals surface area (Å²) in [5.41, 5.74) is 1.14. The van der Waals surface area contributed by atoms with Crippen molar-refractivity contribution >= 4 is 17.7 Å². The second-order valence-electron chi connectivity index (χ2n) is 7.12. The van der Waals surface area contributed by atoms with Crippen LogP contribution in [0.5, 0.6) is 0 Å². The molecule has 3 amide bonds. The number of imide groups is 1. The summed E-state index contributed by atoms with van der Waals surface area (Å²) in [4.78, 5) is 36.5. The quantitative estimate of drug-likeness (QED) is 0.616. The molecule has 0 fully saturated rings. The van der Waals surface area contributed by atoms with Crippen molar-refractivity contribution in [2.45, 2.75) is 45.3 Å². The highest BCUT2D eigenvalue weighted by molar-refractivity contribution is 6.00. The minimum atomic E-state index is -1.00. The fourth-order valence-electron chi connectivity index (χ4n) is 2.88. The number of carbonyl (C=O) groups is 3. The average molecular weight is 417 g/mol. The molecule has 160 valence electrons. The molecule has 0 aliphatic rings. The Morgan fingerprint density at radius 1 is 0.867 bits per heavy atom. The van der Waals surface area contributed by atoms with Crippen LogP contribution in [0, 0.1) is 11.6 Å². The van der Waals surface area contributed by atoms with Gasteiger partial charge in [0.05, 0.1) is 12.5 Å². The van der Waals surface area contributed by atoms with Crippen molar-refractivity contribution in [3.63, 3.8) is 0 Å². The van der Waals surface area contributed by atoms with Crippen molar-refractivity contribution in [3.8, 4) is 0 Å². The fourth-order valence-corrected chi connectivity index (χ4v) is 2.88. The molecule has 2 aromatic carbocycles. The number of rotatable bonds is 8. The monoisotopic (exact) mass is 417 g/mol. The van der Waals surface area contributed by atoms with Crippen LogP contribution < -0.4 is 16.0 Å². The van der Waals surface area contributed by atoms with E-state index in [0.29, 0.717) is 6.07 Å². The number of hydrogen-bond donors (Lipinski definition) is 3. The Morgan fingerprint density at radius 3 is 2.03 bits per heavy atom. The first kappa shape index (κ1) is 23.2. The molecule has 0 unspecified atom stereocenters. The van der Waals surface area contributed by atoms with Crippen LogP contribution >= 0.6 is 0 Å². The number of amides is 3. The van der Waals surface area contributed by atoms with Gasteiger partial charge in [0, 0.05) is 12.1 Å². The Morgan fingerprint density at radius 2 is 1.43 bits per heavy atom. The molecule has 0 heterocycles. The summed E-state index contributed by atoms with van der Waals surface area (Å²) >= 11 is 0. The maximum atomic E-state index is 13.2. The van der Waals surface area contributed by atoms with Crippen molar-refractivity contribution in [2.75, 3.05) is 0 Å². The zero-order chi connectivity index (χ0) is 22.3. The lowest BCUT2D eigenvalue weighted by atomic mass is 10.1. The predicted octanol–water partition coefficient (Wildman–Crippen LogP) is 2.39. The van der Waals surface area contributed by atoms with Gasteiger partial charge in [0.25, 0.3) is 0 Å². The van der Waals surface area contributed by atoms with Gasteiger partial charge in [-0.2, -0.15) is 0 Å². The van der Waals surface area contributed by atoms with E-state index < -0.39 is 41.4 Å². The highest BCUT2D eigenvalue weighted by Crippen LogP contribution is 2.12. The molecule has 0 bridgehead atoms. The zero-order valence-electron chi connectivity index (χ0n) is 17.0. The smallest absolute Gasteiger partial charge is 0.248 e. The van der Waals surface area contributed by atoms with E-state index in [0.717, 1.165) is 17.7 Å². The van der Waals surface area contributed by atoms with Gasteiger partial charge in [-0.1, -0.05) is 30.3 Å². The standard InChI is InChI=1S/C22H25F2N3O3/c1-13(17-7-5-4-6-8-17)25-14(2)21(29)27-22(30)15(3)26-20(28)11-16-9-18(23)12-19(24)10-16/h4-10,12-15,25H,11H2,1-3H3,(H,26,28)(H,27,29,30)/t13-,14-,15-/m0/s1. The first-order valence-corrected chi connectivity index (χ1v) is 9.55. The van der Waals surface area contributed by atoms with Crippen LogP contribution in [0.15, 0.2) is 48.5 Å². The second kappa shape index (κ2) is 10.6. The third-order valence-electron chi connectivity index (χ3n) is 4.50. The Balaban J connectivity index is 1.83. The van der Waals surface area contributed by atoms with Gasteiger partial charge in [-0.3, -0.25) is 25.0 Å². The normalized spacial score (nSPS) is 13.8. The van der Waals surface area contributed by atoms with Crippen LogP contribution in [0.1, 0.15) is 37.9 Å². The molecule has 0 aromatic heterocycles. The predicted molar refractivity (Wildman–Crippen MR) is 108 cm³/mol. The molecule has 30 heavy (non-hydrogen) atoms. The molecule has 2 rings (SSSR count). The minimum absolute atomic E-state index is 0.106. The minimum Gasteiger partial charge on any atom is -0.344 e. The van der Waals surface area contributed by atoms with Crippen LogP contribution in [0.3, 0.4) is 0 Å². The summed E-state index contributed by atoms with van der Waals surface area (Å²) in [6.45, 7) is 4.94. The van der Waals surface area contributed by atoms with Gasteiger partial charge < -0.3 is 5.32 Å². The Bertz CT molecular complexity index is 886. The third kappa shape index (κ3) is 7.04. The SMILES string of the molecule is C[C@H](NC(=O)Cc1cc(F)cc(F)c1)C(=O)NC(=O)[C@H](C)N[C@@H](C)c1ccccc1. The van der Waals surface area contributed by atoms with Gasteiger partial charge in [-0.25, -0.2) is 8.78 Å². The molecule has 8 heteroatoms. The largest absolute Gasteiger partial charge is 0.344 e. The van der Waals surface area contributed by atoms with Gasteiger partial charge in [0.1, 0.15) is 17.7 Å². The summed E-state index contributed by atoms with van der Waals surface area (Å²) in [6.07, 6.45) is -0.299. The zero-order valence-corrected chi connectivity index (χ0v) is 17.0. The van der Waals surface area contributed by atoms with E-state index in [2.05, 4.69) is 16.0 Å². The highest BCUT2D eigenvalue weighted by Gasteiger charge is 2.22. The van der Waals surface area contributed by atoms with Crippen molar-refractivity contribution < 1.29 is 23.2 Å². The number of carbonyl (C=O) groups excluding carboxylic acids is 3. The molecule has 0 radical (unpaired) electrons. The summed E-state index contributed by atoms with van der Waals surface area (Å²) < 4.78 is 26.4. The molecule has 0 aliphatic heterocycles. The van der Waals surface area contributed by atoms with Crippen molar-refractivity contribution in [1.29, 1.82) is 0 Å². The molecule has 2 aromatic rings. The first-order chi connectivity index (χ1) is 14.2. The Kier molecular flexibility index (Phi) is 8.17. The van der Waals surface area contributed by atoms with Gasteiger partial charge in [-0.15, -0.1) is 0 Å². The van der Waals surface area contributed by atoms with E-state index in [1.807, 2.05) is 37.3 Å². The van der Waals surface area contributed by atoms with Crippen LogP contribution in [-0.4, -0.2) is 29.8 Å². The number of benzene rings is 2. The van der Waals surface area contributed by atoms with Gasteiger partial charge in [0.15, 0.2) is 0 Å². The first-order valence-electron chi connectivity index (χ1n) is 9.55. The Labute approximate surface area is 174 Å². The molecular formula is C22H25F2N3O3. The van der Waals surface area contributed by atoms with Crippen molar-refractivity contribution in [3.05, 3.63) is 71.3 Å². The van der Waals surface area contributed by atoms with Crippen LogP contribution in [0.4, 0.5) is 8.78 Å². The summed E-state index contributed by atoms with van der Waals surface area (Å²) in [6, 6.07) is 10.6. The maximum Gasteiger partial charge on any atom is 0.248 e. The number of hydrogen-bond acceptors (Lipinski definition) is 4. The van der Waals surface area contributed by atoms with Gasteiger partial charge >= 0.3 is 0 Å². The van der Waals surface area contributed by atoms with Gasteiger partial charge in [0.2, 0.25) is 17.7 Å². The van der Waals surface area contributed by atoms with E-state index >= 15 is 0 Å². The molecule has 0 spiro atoms. The lowest BCUT2D eigenvalue weighted by molar-refractivity contribution is -0.134.